The molecule has 4 heteroatoms. The Morgan fingerprint density at radius 2 is 1.90 bits per heavy atom. The zero-order valence-corrected chi connectivity index (χ0v) is 17.5. The van der Waals surface area contributed by atoms with Crippen LogP contribution in [0.1, 0.15) is 36.1 Å². The molecule has 3 heterocycles. The third-order valence-corrected chi connectivity index (χ3v) is 6.63. The second-order valence-corrected chi connectivity index (χ2v) is 8.45. The van der Waals surface area contributed by atoms with Crippen LogP contribution in [0.25, 0.3) is 22.3 Å². The number of ether oxygens (including phenoxy) is 2. The van der Waals surface area contributed by atoms with E-state index in [4.69, 9.17) is 13.9 Å². The Labute approximate surface area is 181 Å². The first kappa shape index (κ1) is 18.5. The minimum atomic E-state index is 0.0746. The zero-order chi connectivity index (χ0) is 20.8. The number of rotatable bonds is 3. The monoisotopic (exact) mass is 411 g/mol. The van der Waals surface area contributed by atoms with Crippen molar-refractivity contribution in [3.63, 3.8) is 0 Å². The van der Waals surface area contributed by atoms with E-state index >= 15 is 0 Å². The molecule has 3 aromatic carbocycles. The first-order valence-corrected chi connectivity index (χ1v) is 11.0. The smallest absolute Gasteiger partial charge is 0.135 e. The van der Waals surface area contributed by atoms with E-state index in [2.05, 4.69) is 53.8 Å². The highest BCUT2D eigenvalue weighted by Gasteiger charge is 2.40. The lowest BCUT2D eigenvalue weighted by Crippen LogP contribution is -2.36. The fourth-order valence-corrected chi connectivity index (χ4v) is 5.11. The van der Waals surface area contributed by atoms with Crippen molar-refractivity contribution < 1.29 is 13.9 Å². The number of furan rings is 1. The lowest BCUT2D eigenvalue weighted by Gasteiger charge is -2.43. The lowest BCUT2D eigenvalue weighted by molar-refractivity contribution is -0.0381. The maximum absolute atomic E-state index is 6.36. The van der Waals surface area contributed by atoms with Crippen molar-refractivity contribution in [2.24, 2.45) is 5.92 Å². The van der Waals surface area contributed by atoms with Gasteiger partial charge in [0.2, 0.25) is 0 Å². The maximum Gasteiger partial charge on any atom is 0.135 e. The molecule has 0 radical (unpaired) electrons. The van der Waals surface area contributed by atoms with E-state index in [-0.39, 0.29) is 12.1 Å². The molecule has 3 atom stereocenters. The van der Waals surface area contributed by atoms with E-state index in [1.807, 2.05) is 24.3 Å². The summed E-state index contributed by atoms with van der Waals surface area (Å²) in [6, 6.07) is 25.4. The SMILES string of the molecule is COc1cccc([C@H]2Nc3ccc(-c4cc5ccccc5o4)cc3C3OCCC[C@H]32)c1. The molecule has 0 aliphatic carbocycles. The largest absolute Gasteiger partial charge is 0.497 e. The first-order chi connectivity index (χ1) is 15.3. The molecule has 0 saturated carbocycles. The molecule has 4 aromatic rings. The summed E-state index contributed by atoms with van der Waals surface area (Å²) in [6.45, 7) is 0.806. The summed E-state index contributed by atoms with van der Waals surface area (Å²) in [7, 11) is 1.72. The molecule has 1 N–H and O–H groups in total. The Kier molecular flexibility index (Phi) is 4.46. The van der Waals surface area contributed by atoms with Gasteiger partial charge in [-0.15, -0.1) is 0 Å². The highest BCUT2D eigenvalue weighted by molar-refractivity contribution is 5.83. The Bertz CT molecular complexity index is 1210. The maximum atomic E-state index is 6.36. The van der Waals surface area contributed by atoms with E-state index < -0.39 is 0 Å². The van der Waals surface area contributed by atoms with Crippen LogP contribution in [0, 0.1) is 5.92 Å². The van der Waals surface area contributed by atoms with Crippen LogP contribution in [-0.4, -0.2) is 13.7 Å². The quantitative estimate of drug-likeness (QED) is 0.405. The van der Waals surface area contributed by atoms with Gasteiger partial charge in [0, 0.05) is 34.7 Å². The molecule has 0 spiro atoms. The molecule has 6 rings (SSSR count). The van der Waals surface area contributed by atoms with E-state index in [9.17, 15) is 0 Å². The number of hydrogen-bond donors (Lipinski definition) is 1. The van der Waals surface area contributed by atoms with Crippen LogP contribution in [0.5, 0.6) is 5.75 Å². The highest BCUT2D eigenvalue weighted by atomic mass is 16.5. The van der Waals surface area contributed by atoms with Gasteiger partial charge in [-0.25, -0.2) is 0 Å². The third-order valence-electron chi connectivity index (χ3n) is 6.63. The summed E-state index contributed by atoms with van der Waals surface area (Å²) in [4.78, 5) is 0. The molecule has 0 bridgehead atoms. The topological polar surface area (TPSA) is 43.6 Å². The Hall–Kier alpha value is -3.24. The van der Waals surface area contributed by atoms with Gasteiger partial charge >= 0.3 is 0 Å². The predicted octanol–water partition coefficient (Wildman–Crippen LogP) is 6.74. The van der Waals surface area contributed by atoms with Gasteiger partial charge in [-0.2, -0.15) is 0 Å². The van der Waals surface area contributed by atoms with Gasteiger partial charge in [0.25, 0.3) is 0 Å². The van der Waals surface area contributed by atoms with Crippen molar-refractivity contribution in [2.75, 3.05) is 19.0 Å². The average Bonchev–Trinajstić information content (AvgIpc) is 3.28. The molecular weight excluding hydrogens is 386 g/mol. The van der Waals surface area contributed by atoms with Crippen LogP contribution >= 0.6 is 0 Å². The van der Waals surface area contributed by atoms with E-state index in [0.29, 0.717) is 5.92 Å². The van der Waals surface area contributed by atoms with Crippen LogP contribution in [0.2, 0.25) is 0 Å². The summed E-state index contributed by atoms with van der Waals surface area (Å²) >= 11 is 0. The van der Waals surface area contributed by atoms with Crippen molar-refractivity contribution >= 4 is 16.7 Å². The third kappa shape index (κ3) is 3.19. The van der Waals surface area contributed by atoms with Crippen molar-refractivity contribution in [1.29, 1.82) is 0 Å². The summed E-state index contributed by atoms with van der Waals surface area (Å²) in [5.74, 6) is 2.16. The number of hydrogen-bond acceptors (Lipinski definition) is 4. The van der Waals surface area contributed by atoms with Gasteiger partial charge in [-0.3, -0.25) is 0 Å². The number of benzene rings is 3. The summed E-state index contributed by atoms with van der Waals surface area (Å²) < 4.78 is 18.0. The highest BCUT2D eigenvalue weighted by Crippen LogP contribution is 2.50. The van der Waals surface area contributed by atoms with Crippen molar-refractivity contribution in [2.45, 2.75) is 25.0 Å². The molecule has 0 amide bonds. The number of para-hydroxylation sites is 1. The zero-order valence-electron chi connectivity index (χ0n) is 17.5. The van der Waals surface area contributed by atoms with Crippen LogP contribution < -0.4 is 10.1 Å². The molecule has 4 nitrogen and oxygen atoms in total. The van der Waals surface area contributed by atoms with Gasteiger partial charge in [0.15, 0.2) is 0 Å². The molecule has 1 fully saturated rings. The van der Waals surface area contributed by atoms with Crippen LogP contribution in [0.15, 0.2) is 77.2 Å². The summed E-state index contributed by atoms with van der Waals surface area (Å²) in [6.07, 6.45) is 2.29. The van der Waals surface area contributed by atoms with Gasteiger partial charge in [-0.05, 0) is 60.9 Å². The lowest BCUT2D eigenvalue weighted by atomic mass is 9.77. The van der Waals surface area contributed by atoms with E-state index in [1.165, 1.54) is 11.1 Å². The van der Waals surface area contributed by atoms with Gasteiger partial charge in [0.1, 0.15) is 17.1 Å². The molecule has 1 saturated heterocycles. The summed E-state index contributed by atoms with van der Waals surface area (Å²) in [5, 5.41) is 4.93. The Balaban J connectivity index is 1.41. The van der Waals surface area contributed by atoms with Crippen molar-refractivity contribution in [3.05, 3.63) is 83.9 Å². The average molecular weight is 412 g/mol. The fourth-order valence-electron chi connectivity index (χ4n) is 5.11. The molecule has 31 heavy (non-hydrogen) atoms. The van der Waals surface area contributed by atoms with Gasteiger partial charge in [-0.1, -0.05) is 30.3 Å². The van der Waals surface area contributed by atoms with Gasteiger partial charge < -0.3 is 19.2 Å². The molecule has 2 aliphatic rings. The van der Waals surface area contributed by atoms with Crippen molar-refractivity contribution in [3.8, 4) is 17.1 Å². The minimum absolute atomic E-state index is 0.0746. The molecule has 1 aromatic heterocycles. The second kappa shape index (κ2) is 7.47. The molecule has 1 unspecified atom stereocenters. The Morgan fingerprint density at radius 1 is 0.968 bits per heavy atom. The molecule has 156 valence electrons. The summed E-state index contributed by atoms with van der Waals surface area (Å²) in [5.41, 5.74) is 5.60. The number of nitrogens with one attached hydrogen (secondary N) is 1. The van der Waals surface area contributed by atoms with Crippen LogP contribution in [0.3, 0.4) is 0 Å². The fraction of sp³-hybridized carbons (Fsp3) is 0.259. The van der Waals surface area contributed by atoms with Gasteiger partial charge in [0.05, 0.1) is 19.3 Å². The van der Waals surface area contributed by atoms with E-state index in [0.717, 1.165) is 53.2 Å². The molecular formula is C27H25NO3. The second-order valence-electron chi connectivity index (χ2n) is 8.45. The number of methoxy groups -OCH3 is 1. The first-order valence-electron chi connectivity index (χ1n) is 11.0. The number of fused-ring (bicyclic) bond motifs is 4. The number of anilines is 1. The molecule has 2 aliphatic heterocycles. The Morgan fingerprint density at radius 3 is 2.81 bits per heavy atom. The standard InChI is InChI=1S/C27H25NO3/c1-29-20-8-4-7-19(14-20)26-21-9-5-13-30-27(21)22-15-18(11-12-23(22)28-26)25-16-17-6-2-3-10-24(17)31-25/h2-4,6-8,10-12,14-16,21,26-28H,5,9,13H2,1H3/t21-,26+,27?/m0/s1. The van der Waals surface area contributed by atoms with Crippen molar-refractivity contribution in [1.82, 2.24) is 0 Å². The van der Waals surface area contributed by atoms with E-state index in [1.54, 1.807) is 7.11 Å². The van der Waals surface area contributed by atoms with Crippen LogP contribution in [-0.2, 0) is 4.74 Å². The minimum Gasteiger partial charge on any atom is -0.497 e. The normalized spacial score (nSPS) is 22.4. The predicted molar refractivity (Wildman–Crippen MR) is 122 cm³/mol. The van der Waals surface area contributed by atoms with Crippen LogP contribution in [0.4, 0.5) is 5.69 Å².